The van der Waals surface area contributed by atoms with Crippen molar-refractivity contribution in [2.24, 2.45) is 0 Å². The van der Waals surface area contributed by atoms with Crippen LogP contribution in [0.3, 0.4) is 0 Å². The number of halogens is 2. The van der Waals surface area contributed by atoms with E-state index in [-0.39, 0.29) is 6.23 Å². The van der Waals surface area contributed by atoms with Crippen molar-refractivity contribution >= 4 is 34.5 Å². The van der Waals surface area contributed by atoms with Gasteiger partial charge in [0.05, 0.1) is 10.0 Å². The van der Waals surface area contributed by atoms with E-state index >= 15 is 0 Å². The molecule has 1 N–H and O–H groups in total. The van der Waals surface area contributed by atoms with E-state index in [1.165, 1.54) is 11.1 Å². The molecule has 1 atom stereocenters. The highest BCUT2D eigenvalue weighted by Crippen LogP contribution is 2.30. The zero-order valence-electron chi connectivity index (χ0n) is 12.4. The Balaban J connectivity index is 1.86. The lowest BCUT2D eigenvalue weighted by atomic mass is 10.1. The lowest BCUT2D eigenvalue weighted by Gasteiger charge is -2.19. The maximum Gasteiger partial charge on any atom is 0.176 e. The highest BCUT2D eigenvalue weighted by molar-refractivity contribution is 7.08. The van der Waals surface area contributed by atoms with E-state index in [9.17, 15) is 0 Å². The summed E-state index contributed by atoms with van der Waals surface area (Å²) in [6.45, 7) is 0. The number of rotatable bonds is 5. The molecule has 2 nitrogen and oxygen atoms in total. The van der Waals surface area contributed by atoms with Gasteiger partial charge in [-0.1, -0.05) is 41.4 Å². The number of nitrogens with one attached hydrogen (secondary N) is 1. The Labute approximate surface area is 149 Å². The highest BCUT2D eigenvalue weighted by Gasteiger charge is 2.13. The van der Waals surface area contributed by atoms with Crippen molar-refractivity contribution in [1.29, 1.82) is 0 Å². The number of hydrogen-bond acceptors (Lipinski definition) is 3. The summed E-state index contributed by atoms with van der Waals surface area (Å²) in [4.78, 5) is 0. The second-order valence-corrected chi connectivity index (χ2v) is 6.59. The van der Waals surface area contributed by atoms with E-state index in [2.05, 4.69) is 34.3 Å². The van der Waals surface area contributed by atoms with E-state index in [0.29, 0.717) is 15.8 Å². The van der Waals surface area contributed by atoms with Crippen LogP contribution in [0.15, 0.2) is 59.3 Å². The average Bonchev–Trinajstić information content (AvgIpc) is 3.10. The first kappa shape index (κ1) is 16.3. The Hall–Kier alpha value is -1.52. The molecule has 1 heterocycles. The van der Waals surface area contributed by atoms with Gasteiger partial charge in [0.15, 0.2) is 6.23 Å². The zero-order chi connectivity index (χ0) is 16.2. The van der Waals surface area contributed by atoms with Crippen LogP contribution in [-0.4, -0.2) is 7.05 Å². The van der Waals surface area contributed by atoms with Crippen molar-refractivity contribution in [2.75, 3.05) is 7.05 Å². The van der Waals surface area contributed by atoms with Gasteiger partial charge in [0, 0.05) is 11.6 Å². The fourth-order valence-electron chi connectivity index (χ4n) is 2.29. The summed E-state index contributed by atoms with van der Waals surface area (Å²) >= 11 is 13.7. The fraction of sp³-hybridized carbons (Fsp3) is 0.111. The van der Waals surface area contributed by atoms with Gasteiger partial charge in [-0.2, -0.15) is 11.3 Å². The van der Waals surface area contributed by atoms with Gasteiger partial charge in [-0.25, -0.2) is 0 Å². The minimum Gasteiger partial charge on any atom is -0.471 e. The first-order valence-corrected chi connectivity index (χ1v) is 8.79. The molecular weight excluding hydrogens is 349 g/mol. The van der Waals surface area contributed by atoms with E-state index < -0.39 is 0 Å². The number of thiophene rings is 1. The molecule has 5 heteroatoms. The van der Waals surface area contributed by atoms with Crippen LogP contribution < -0.4 is 10.1 Å². The van der Waals surface area contributed by atoms with Gasteiger partial charge in [-0.05, 0) is 53.2 Å². The van der Waals surface area contributed by atoms with Crippen LogP contribution in [0.25, 0.3) is 11.1 Å². The number of hydrogen-bond donors (Lipinski definition) is 1. The van der Waals surface area contributed by atoms with E-state index in [4.69, 9.17) is 27.9 Å². The highest BCUT2D eigenvalue weighted by atomic mass is 35.5. The first-order valence-electron chi connectivity index (χ1n) is 7.09. The van der Waals surface area contributed by atoms with Crippen LogP contribution >= 0.6 is 34.5 Å². The Morgan fingerprint density at radius 2 is 1.87 bits per heavy atom. The summed E-state index contributed by atoms with van der Waals surface area (Å²) in [5, 5.41) is 8.37. The normalized spacial score (nSPS) is 12.1. The molecule has 0 saturated heterocycles. The fourth-order valence-corrected chi connectivity index (χ4v) is 3.24. The largest absolute Gasteiger partial charge is 0.471 e. The summed E-state index contributed by atoms with van der Waals surface area (Å²) < 4.78 is 6.01. The van der Waals surface area contributed by atoms with Gasteiger partial charge in [0.25, 0.3) is 0 Å². The van der Waals surface area contributed by atoms with Crippen LogP contribution in [0.2, 0.25) is 10.0 Å². The smallest absolute Gasteiger partial charge is 0.176 e. The Kier molecular flexibility index (Phi) is 5.23. The van der Waals surface area contributed by atoms with Crippen LogP contribution in [0.1, 0.15) is 11.8 Å². The van der Waals surface area contributed by atoms with Gasteiger partial charge >= 0.3 is 0 Å². The molecule has 1 aromatic heterocycles. The molecular formula is C18H15Cl2NOS. The molecule has 2 aromatic carbocycles. The van der Waals surface area contributed by atoms with Crippen LogP contribution in [-0.2, 0) is 0 Å². The maximum absolute atomic E-state index is 6.05. The molecule has 0 amide bonds. The van der Waals surface area contributed by atoms with Crippen LogP contribution in [0.5, 0.6) is 5.75 Å². The topological polar surface area (TPSA) is 21.3 Å². The molecule has 0 radical (unpaired) electrons. The Bertz CT molecular complexity index is 789. The standard InChI is InChI=1S/C18H15Cl2NOS/c1-21-18(22-15-5-6-16(19)17(20)10-15)13-4-2-3-12(9-13)14-7-8-23-11-14/h2-11,18,21H,1H3. The lowest BCUT2D eigenvalue weighted by Crippen LogP contribution is -2.22. The van der Waals surface area contributed by atoms with Crippen LogP contribution in [0, 0.1) is 0 Å². The monoisotopic (exact) mass is 363 g/mol. The van der Waals surface area contributed by atoms with E-state index in [1.54, 1.807) is 29.5 Å². The second-order valence-electron chi connectivity index (χ2n) is 5.00. The quantitative estimate of drug-likeness (QED) is 0.559. The SMILES string of the molecule is CNC(Oc1ccc(Cl)c(Cl)c1)c1cccc(-c2ccsc2)c1. The molecule has 0 aliphatic rings. The van der Waals surface area contributed by atoms with Crippen molar-refractivity contribution < 1.29 is 4.74 Å². The minimum absolute atomic E-state index is 0.272. The number of benzene rings is 2. The van der Waals surface area contributed by atoms with Gasteiger partial charge < -0.3 is 4.74 Å². The number of ether oxygens (including phenoxy) is 1. The average molecular weight is 364 g/mol. The summed E-state index contributed by atoms with van der Waals surface area (Å²) in [5.41, 5.74) is 3.42. The van der Waals surface area contributed by atoms with Crippen molar-refractivity contribution in [3.05, 3.63) is 74.9 Å². The molecule has 23 heavy (non-hydrogen) atoms. The minimum atomic E-state index is -0.272. The molecule has 118 valence electrons. The molecule has 0 saturated carbocycles. The summed E-state index contributed by atoms with van der Waals surface area (Å²) in [7, 11) is 1.86. The first-order chi connectivity index (χ1) is 11.2. The van der Waals surface area contributed by atoms with Gasteiger partial charge in [0.1, 0.15) is 5.75 Å². The molecule has 0 fully saturated rings. The molecule has 3 rings (SSSR count). The molecule has 3 aromatic rings. The third kappa shape index (κ3) is 3.88. The maximum atomic E-state index is 6.05. The van der Waals surface area contributed by atoms with Crippen molar-refractivity contribution in [1.82, 2.24) is 5.32 Å². The van der Waals surface area contributed by atoms with Gasteiger partial charge in [-0.15, -0.1) is 0 Å². The predicted molar refractivity (Wildman–Crippen MR) is 98.6 cm³/mol. The summed E-state index contributed by atoms with van der Waals surface area (Å²) in [6.07, 6.45) is -0.272. The van der Waals surface area contributed by atoms with Crippen molar-refractivity contribution in [3.8, 4) is 16.9 Å². The Morgan fingerprint density at radius 1 is 1.00 bits per heavy atom. The van der Waals surface area contributed by atoms with Crippen molar-refractivity contribution in [3.63, 3.8) is 0 Å². The zero-order valence-corrected chi connectivity index (χ0v) is 14.8. The van der Waals surface area contributed by atoms with Crippen LogP contribution in [0.4, 0.5) is 0 Å². The molecule has 0 spiro atoms. The third-order valence-electron chi connectivity index (χ3n) is 3.45. The second kappa shape index (κ2) is 7.37. The molecule has 0 aliphatic heterocycles. The van der Waals surface area contributed by atoms with Crippen molar-refractivity contribution in [2.45, 2.75) is 6.23 Å². The third-order valence-corrected chi connectivity index (χ3v) is 4.87. The summed E-state index contributed by atoms with van der Waals surface area (Å²) in [5.74, 6) is 0.666. The molecule has 0 aliphatic carbocycles. The van der Waals surface area contributed by atoms with Gasteiger partial charge in [-0.3, -0.25) is 5.32 Å². The van der Waals surface area contributed by atoms with E-state index in [1.807, 2.05) is 19.2 Å². The predicted octanol–water partition coefficient (Wildman–Crippen LogP) is 6.02. The molecule has 0 bridgehead atoms. The van der Waals surface area contributed by atoms with Gasteiger partial charge in [0.2, 0.25) is 0 Å². The lowest BCUT2D eigenvalue weighted by molar-refractivity contribution is 0.177. The Morgan fingerprint density at radius 3 is 2.57 bits per heavy atom. The molecule has 1 unspecified atom stereocenters. The summed E-state index contributed by atoms with van der Waals surface area (Å²) in [6, 6.07) is 15.7. The van der Waals surface area contributed by atoms with E-state index in [0.717, 1.165) is 5.56 Å².